The molecule has 6 N–H and O–H groups in total. The summed E-state index contributed by atoms with van der Waals surface area (Å²) >= 11 is 0. The van der Waals surface area contributed by atoms with Crippen LogP contribution >= 0.6 is 0 Å². The van der Waals surface area contributed by atoms with E-state index in [1.807, 2.05) is 0 Å². The molecule has 0 radical (unpaired) electrons. The number of nitrogens with one attached hydrogen (secondary N) is 2. The second kappa shape index (κ2) is 8.08. The molecule has 0 heterocycles. The van der Waals surface area contributed by atoms with Crippen LogP contribution in [0.15, 0.2) is 0 Å². The molecule has 0 saturated heterocycles. The van der Waals surface area contributed by atoms with Gasteiger partial charge in [-0.25, -0.2) is 0 Å². The minimum Gasteiger partial charge on any atom is -0.343 e. The first-order valence-electron chi connectivity index (χ1n) is 3.27. The molecule has 0 amide bonds. The normalized spacial score (nSPS) is 7.80. The van der Waals surface area contributed by atoms with Gasteiger partial charge in [0, 0.05) is 38.3 Å². The molecule has 0 unspecified atom stereocenters. The van der Waals surface area contributed by atoms with E-state index in [1.54, 1.807) is 0 Å². The van der Waals surface area contributed by atoms with Crippen LogP contribution in [0.25, 0.3) is 0 Å². The van der Waals surface area contributed by atoms with Crippen molar-refractivity contribution in [2.24, 2.45) is 11.5 Å². The standard InChI is InChI=1S/C6H14N4/c7-1-3-9-5-6-10-4-2-8/h9-10H,1-4,7-8H2. The van der Waals surface area contributed by atoms with Gasteiger partial charge in [0.1, 0.15) is 0 Å². The Bertz CT molecular complexity index is 101. The van der Waals surface area contributed by atoms with Crippen molar-refractivity contribution in [3.05, 3.63) is 0 Å². The lowest BCUT2D eigenvalue weighted by Crippen LogP contribution is -2.20. The largest absolute Gasteiger partial charge is 0.343 e. The predicted molar refractivity (Wildman–Crippen MR) is 41.9 cm³/mol. The minimum atomic E-state index is 0.603. The summed E-state index contributed by atoms with van der Waals surface area (Å²) in [5.74, 6) is 0. The lowest BCUT2D eigenvalue weighted by molar-refractivity contribution is 0.843. The van der Waals surface area contributed by atoms with Crippen molar-refractivity contribution < 1.29 is 0 Å². The monoisotopic (exact) mass is 142 g/mol. The van der Waals surface area contributed by atoms with Gasteiger partial charge in [-0.15, -0.1) is 0 Å². The molecule has 0 aliphatic heterocycles. The second-order valence-corrected chi connectivity index (χ2v) is 1.68. The van der Waals surface area contributed by atoms with Crippen molar-refractivity contribution in [3.63, 3.8) is 0 Å². The highest BCUT2D eigenvalue weighted by atomic mass is 14.9. The van der Waals surface area contributed by atoms with Gasteiger partial charge in [0.05, 0.1) is 0 Å². The molecule has 4 nitrogen and oxygen atoms in total. The van der Waals surface area contributed by atoms with Gasteiger partial charge in [-0.3, -0.25) is 0 Å². The quantitative estimate of drug-likeness (QED) is 0.208. The van der Waals surface area contributed by atoms with Gasteiger partial charge in [-0.2, -0.15) is 0 Å². The molecule has 0 aromatic rings. The van der Waals surface area contributed by atoms with E-state index >= 15 is 0 Å². The van der Waals surface area contributed by atoms with E-state index in [-0.39, 0.29) is 0 Å². The average molecular weight is 142 g/mol. The maximum atomic E-state index is 5.20. The molecular weight excluding hydrogens is 128 g/mol. The average Bonchev–Trinajstić information content (AvgIpc) is 1.97. The summed E-state index contributed by atoms with van der Waals surface area (Å²) in [6.07, 6.45) is 0. The third kappa shape index (κ3) is 7.08. The molecular formula is C6H14N4. The van der Waals surface area contributed by atoms with E-state index in [1.165, 1.54) is 0 Å². The number of hydrogen-bond donors (Lipinski definition) is 4. The lowest BCUT2D eigenvalue weighted by atomic mass is 10.6. The van der Waals surface area contributed by atoms with E-state index in [0.717, 1.165) is 13.1 Å². The maximum Gasteiger partial charge on any atom is 0.0353 e. The fourth-order valence-corrected chi connectivity index (χ4v) is 0.358. The SMILES string of the molecule is NCCNC#CNCCN. The maximum absolute atomic E-state index is 5.20. The van der Waals surface area contributed by atoms with Crippen LogP contribution in [-0.4, -0.2) is 26.2 Å². The Hall–Kier alpha value is -0.920. The van der Waals surface area contributed by atoms with Gasteiger partial charge < -0.3 is 22.1 Å². The van der Waals surface area contributed by atoms with Crippen LogP contribution in [0.3, 0.4) is 0 Å². The van der Waals surface area contributed by atoms with Crippen molar-refractivity contribution in [2.45, 2.75) is 0 Å². The molecule has 10 heavy (non-hydrogen) atoms. The van der Waals surface area contributed by atoms with E-state index < -0.39 is 0 Å². The molecule has 0 aliphatic rings. The Labute approximate surface area is 61.3 Å². The molecule has 0 atom stereocenters. The summed E-state index contributed by atoms with van der Waals surface area (Å²) in [5.41, 5.74) is 10.4. The zero-order valence-electron chi connectivity index (χ0n) is 5.98. The molecule has 0 aliphatic carbocycles. The zero-order chi connectivity index (χ0) is 7.66. The first-order valence-corrected chi connectivity index (χ1v) is 3.27. The fraction of sp³-hybridized carbons (Fsp3) is 0.667. The first kappa shape index (κ1) is 9.08. The number of nitrogens with two attached hydrogens (primary N) is 2. The summed E-state index contributed by atoms with van der Waals surface area (Å²) < 4.78 is 0. The van der Waals surface area contributed by atoms with E-state index in [4.69, 9.17) is 11.5 Å². The van der Waals surface area contributed by atoms with Crippen molar-refractivity contribution in [1.82, 2.24) is 10.6 Å². The summed E-state index contributed by atoms with van der Waals surface area (Å²) in [5, 5.41) is 5.61. The fourth-order valence-electron chi connectivity index (χ4n) is 0.358. The van der Waals surface area contributed by atoms with Crippen LogP contribution in [0.4, 0.5) is 0 Å². The Kier molecular flexibility index (Phi) is 7.34. The van der Waals surface area contributed by atoms with E-state index in [2.05, 4.69) is 22.7 Å². The molecule has 58 valence electrons. The van der Waals surface area contributed by atoms with Crippen molar-refractivity contribution >= 4 is 0 Å². The Morgan fingerprint density at radius 1 is 0.900 bits per heavy atom. The molecule has 0 spiro atoms. The van der Waals surface area contributed by atoms with Gasteiger partial charge in [-0.1, -0.05) is 0 Å². The third-order valence-corrected chi connectivity index (χ3v) is 0.778. The first-order chi connectivity index (χ1) is 4.91. The van der Waals surface area contributed by atoms with Crippen molar-refractivity contribution in [3.8, 4) is 12.1 Å². The van der Waals surface area contributed by atoms with Gasteiger partial charge >= 0.3 is 0 Å². The van der Waals surface area contributed by atoms with Crippen LogP contribution in [0.5, 0.6) is 0 Å². The Morgan fingerprint density at radius 3 is 1.60 bits per heavy atom. The number of hydrogen-bond acceptors (Lipinski definition) is 4. The summed E-state index contributed by atoms with van der Waals surface area (Å²) in [7, 11) is 0. The van der Waals surface area contributed by atoms with Gasteiger partial charge in [0.2, 0.25) is 0 Å². The predicted octanol–water partition coefficient (Wildman–Crippen LogP) is -2.00. The van der Waals surface area contributed by atoms with Crippen LogP contribution in [0.2, 0.25) is 0 Å². The lowest BCUT2D eigenvalue weighted by Gasteiger charge is -1.92. The Balaban J connectivity index is 2.98. The molecule has 0 rings (SSSR count). The summed E-state index contributed by atoms with van der Waals surface area (Å²) in [6, 6.07) is 5.35. The molecule has 0 aromatic heterocycles. The van der Waals surface area contributed by atoms with Gasteiger partial charge in [0.15, 0.2) is 0 Å². The van der Waals surface area contributed by atoms with Crippen molar-refractivity contribution in [1.29, 1.82) is 0 Å². The zero-order valence-corrected chi connectivity index (χ0v) is 5.98. The molecule has 4 heteroatoms. The molecule has 0 bridgehead atoms. The second-order valence-electron chi connectivity index (χ2n) is 1.68. The molecule has 0 saturated carbocycles. The summed E-state index contributed by atoms with van der Waals surface area (Å²) in [4.78, 5) is 0. The minimum absolute atomic E-state index is 0.603. The van der Waals surface area contributed by atoms with Crippen LogP contribution in [-0.2, 0) is 0 Å². The smallest absolute Gasteiger partial charge is 0.0353 e. The number of rotatable bonds is 4. The van der Waals surface area contributed by atoms with E-state index in [9.17, 15) is 0 Å². The highest BCUT2D eigenvalue weighted by molar-refractivity contribution is 4.94. The van der Waals surface area contributed by atoms with Gasteiger partial charge in [-0.05, 0) is 0 Å². The van der Waals surface area contributed by atoms with Crippen LogP contribution < -0.4 is 22.1 Å². The van der Waals surface area contributed by atoms with Crippen LogP contribution in [0, 0.1) is 12.1 Å². The molecule has 0 fully saturated rings. The van der Waals surface area contributed by atoms with Crippen molar-refractivity contribution in [2.75, 3.05) is 26.2 Å². The topological polar surface area (TPSA) is 76.1 Å². The third-order valence-electron chi connectivity index (χ3n) is 0.778. The Morgan fingerprint density at radius 2 is 1.30 bits per heavy atom. The van der Waals surface area contributed by atoms with Crippen LogP contribution in [0.1, 0.15) is 0 Å². The highest BCUT2D eigenvalue weighted by Crippen LogP contribution is 1.49. The summed E-state index contributed by atoms with van der Waals surface area (Å²) in [6.45, 7) is 2.64. The highest BCUT2D eigenvalue weighted by Gasteiger charge is 1.72. The molecule has 0 aromatic carbocycles. The van der Waals surface area contributed by atoms with Gasteiger partial charge in [0.25, 0.3) is 0 Å². The van der Waals surface area contributed by atoms with E-state index in [0.29, 0.717) is 13.1 Å².